The molecule has 2 aromatic heterocycles. The Labute approximate surface area is 135 Å². The molecule has 22 heavy (non-hydrogen) atoms. The minimum absolute atomic E-state index is 0.195. The zero-order valence-electron chi connectivity index (χ0n) is 11.7. The molecular weight excluding hydrogens is 324 g/mol. The molecule has 0 aliphatic heterocycles. The van der Waals surface area contributed by atoms with Crippen LogP contribution in [0.2, 0.25) is 0 Å². The zero-order valence-corrected chi connectivity index (χ0v) is 13.3. The van der Waals surface area contributed by atoms with Crippen molar-refractivity contribution in [1.82, 2.24) is 14.6 Å². The second kappa shape index (κ2) is 6.33. The monoisotopic (exact) mass is 336 g/mol. The summed E-state index contributed by atoms with van der Waals surface area (Å²) in [5.74, 6) is 1.16. The third kappa shape index (κ3) is 2.90. The second-order valence-corrected chi connectivity index (χ2v) is 5.68. The van der Waals surface area contributed by atoms with E-state index in [-0.39, 0.29) is 24.2 Å². The molecule has 1 aromatic carbocycles. The Bertz CT molecular complexity index is 797. The maximum Gasteiger partial charge on any atom is 0.250 e. The van der Waals surface area contributed by atoms with Crippen molar-refractivity contribution in [3.63, 3.8) is 0 Å². The van der Waals surface area contributed by atoms with Crippen LogP contribution in [0, 0.1) is 0 Å². The summed E-state index contributed by atoms with van der Waals surface area (Å²) in [6.45, 7) is 0. The Kier molecular flexibility index (Phi) is 4.26. The van der Waals surface area contributed by atoms with E-state index in [2.05, 4.69) is 15.4 Å². The predicted octanol–water partition coefficient (Wildman–Crippen LogP) is 3.03. The molecule has 0 atom stereocenters. The fraction of sp³-hybridized carbons (Fsp3) is 0.214. The maximum atomic E-state index is 11.5. The molecule has 6 nitrogen and oxygen atoms in total. The van der Waals surface area contributed by atoms with Gasteiger partial charge >= 0.3 is 0 Å². The topological polar surface area (TPSA) is 68.5 Å². The van der Waals surface area contributed by atoms with Crippen molar-refractivity contribution >= 4 is 39.8 Å². The highest BCUT2D eigenvalue weighted by atomic mass is 35.5. The number of aromatic nitrogens is 3. The number of benzene rings is 1. The SMILES string of the molecule is COc1ccc(-c2csc3nc(NC(=O)CCCl)nn23)cc1. The van der Waals surface area contributed by atoms with Gasteiger partial charge in [-0.3, -0.25) is 10.1 Å². The molecule has 114 valence electrons. The molecule has 0 radical (unpaired) electrons. The highest BCUT2D eigenvalue weighted by Crippen LogP contribution is 2.27. The molecule has 1 amide bonds. The molecule has 0 saturated heterocycles. The summed E-state index contributed by atoms with van der Waals surface area (Å²) in [7, 11) is 1.63. The van der Waals surface area contributed by atoms with Crippen LogP contribution < -0.4 is 10.1 Å². The summed E-state index contributed by atoms with van der Waals surface area (Å²) in [4.78, 5) is 16.5. The molecule has 0 aliphatic carbocycles. The number of halogens is 1. The number of hydrogen-bond acceptors (Lipinski definition) is 5. The van der Waals surface area contributed by atoms with E-state index in [0.29, 0.717) is 4.96 Å². The van der Waals surface area contributed by atoms with Gasteiger partial charge in [-0.05, 0) is 24.3 Å². The third-order valence-electron chi connectivity index (χ3n) is 3.04. The van der Waals surface area contributed by atoms with E-state index in [1.807, 2.05) is 29.6 Å². The number of carbonyl (C=O) groups is 1. The number of anilines is 1. The quantitative estimate of drug-likeness (QED) is 0.727. The van der Waals surface area contributed by atoms with Gasteiger partial charge in [0.2, 0.25) is 16.8 Å². The summed E-state index contributed by atoms with van der Waals surface area (Å²) >= 11 is 7.00. The Morgan fingerprint density at radius 3 is 2.86 bits per heavy atom. The summed E-state index contributed by atoms with van der Waals surface area (Å²) < 4.78 is 6.87. The van der Waals surface area contributed by atoms with Gasteiger partial charge in [0.25, 0.3) is 0 Å². The number of rotatable bonds is 5. The molecule has 2 heterocycles. The molecule has 3 aromatic rings. The van der Waals surface area contributed by atoms with Crippen molar-refractivity contribution in [3.05, 3.63) is 29.6 Å². The predicted molar refractivity (Wildman–Crippen MR) is 86.8 cm³/mol. The van der Waals surface area contributed by atoms with E-state index < -0.39 is 0 Å². The standard InChI is InChI=1S/C14H13ClN4O2S/c1-21-10-4-2-9(3-5-10)11-8-22-14-17-13(18-19(11)14)16-12(20)6-7-15/h2-5,8H,6-7H2,1H3,(H,16,18,20). The molecule has 0 unspecified atom stereocenters. The van der Waals surface area contributed by atoms with Gasteiger partial charge in [0.1, 0.15) is 5.75 Å². The number of nitrogens with zero attached hydrogens (tertiary/aromatic N) is 3. The van der Waals surface area contributed by atoms with Crippen molar-refractivity contribution in [3.8, 4) is 17.0 Å². The molecule has 0 bridgehead atoms. The molecule has 8 heteroatoms. The zero-order chi connectivity index (χ0) is 15.5. The average molecular weight is 337 g/mol. The van der Waals surface area contributed by atoms with Gasteiger partial charge in [0.15, 0.2) is 0 Å². The second-order valence-electron chi connectivity index (χ2n) is 4.47. The molecule has 0 fully saturated rings. The van der Waals surface area contributed by atoms with E-state index in [1.54, 1.807) is 11.6 Å². The van der Waals surface area contributed by atoms with Crippen molar-refractivity contribution in [2.24, 2.45) is 0 Å². The lowest BCUT2D eigenvalue weighted by Gasteiger charge is -2.02. The highest BCUT2D eigenvalue weighted by Gasteiger charge is 2.13. The number of nitrogens with one attached hydrogen (secondary N) is 1. The van der Waals surface area contributed by atoms with Crippen LogP contribution in [0.5, 0.6) is 5.75 Å². The maximum absolute atomic E-state index is 11.5. The molecule has 1 N–H and O–H groups in total. The van der Waals surface area contributed by atoms with E-state index in [4.69, 9.17) is 16.3 Å². The number of amides is 1. The normalized spacial score (nSPS) is 10.8. The van der Waals surface area contributed by atoms with Crippen LogP contribution in [-0.4, -0.2) is 33.5 Å². The van der Waals surface area contributed by atoms with Gasteiger partial charge in [0.05, 0.1) is 12.8 Å². The summed E-state index contributed by atoms with van der Waals surface area (Å²) in [5, 5.41) is 8.93. The summed E-state index contributed by atoms with van der Waals surface area (Å²) in [5.41, 5.74) is 1.91. The molecular formula is C14H13ClN4O2S. The molecule has 0 spiro atoms. The van der Waals surface area contributed by atoms with Gasteiger partial charge in [-0.25, -0.2) is 4.52 Å². The Morgan fingerprint density at radius 1 is 1.41 bits per heavy atom. The number of carbonyl (C=O) groups excluding carboxylic acids is 1. The van der Waals surface area contributed by atoms with Crippen LogP contribution >= 0.6 is 22.9 Å². The van der Waals surface area contributed by atoms with E-state index >= 15 is 0 Å². The van der Waals surface area contributed by atoms with E-state index in [9.17, 15) is 4.79 Å². The number of alkyl halides is 1. The van der Waals surface area contributed by atoms with Crippen LogP contribution in [0.4, 0.5) is 5.95 Å². The highest BCUT2D eigenvalue weighted by molar-refractivity contribution is 7.15. The average Bonchev–Trinajstić information content (AvgIpc) is 3.07. The fourth-order valence-corrected chi connectivity index (χ4v) is 2.97. The fourth-order valence-electron chi connectivity index (χ4n) is 1.97. The van der Waals surface area contributed by atoms with Crippen LogP contribution in [-0.2, 0) is 4.79 Å². The molecule has 0 aliphatic rings. The number of ether oxygens (including phenoxy) is 1. The smallest absolute Gasteiger partial charge is 0.250 e. The van der Waals surface area contributed by atoms with Gasteiger partial charge in [-0.15, -0.1) is 28.0 Å². The first-order valence-electron chi connectivity index (χ1n) is 6.56. The van der Waals surface area contributed by atoms with Crippen LogP contribution in [0.15, 0.2) is 29.6 Å². The number of fused-ring (bicyclic) bond motifs is 1. The van der Waals surface area contributed by atoms with Gasteiger partial charge in [-0.2, -0.15) is 4.98 Å². The lowest BCUT2D eigenvalue weighted by atomic mass is 10.2. The first-order chi connectivity index (χ1) is 10.7. The van der Waals surface area contributed by atoms with E-state index in [1.165, 1.54) is 11.3 Å². The summed E-state index contributed by atoms with van der Waals surface area (Å²) in [6.07, 6.45) is 0.236. The van der Waals surface area contributed by atoms with Crippen LogP contribution in [0.1, 0.15) is 6.42 Å². The van der Waals surface area contributed by atoms with Gasteiger partial charge < -0.3 is 4.74 Å². The largest absolute Gasteiger partial charge is 0.497 e. The van der Waals surface area contributed by atoms with Gasteiger partial charge in [-0.1, -0.05) is 0 Å². The first kappa shape index (κ1) is 14.8. The van der Waals surface area contributed by atoms with Crippen molar-refractivity contribution < 1.29 is 9.53 Å². The molecule has 0 saturated carbocycles. The van der Waals surface area contributed by atoms with Crippen LogP contribution in [0.25, 0.3) is 16.2 Å². The van der Waals surface area contributed by atoms with Crippen molar-refractivity contribution in [1.29, 1.82) is 0 Å². The van der Waals surface area contributed by atoms with Crippen molar-refractivity contribution in [2.45, 2.75) is 6.42 Å². The minimum Gasteiger partial charge on any atom is -0.497 e. The van der Waals surface area contributed by atoms with Crippen molar-refractivity contribution in [2.75, 3.05) is 18.3 Å². The number of thiazole rings is 1. The first-order valence-corrected chi connectivity index (χ1v) is 7.97. The molecule has 3 rings (SSSR count). The summed E-state index contributed by atoms with van der Waals surface area (Å²) in [6, 6.07) is 7.68. The lowest BCUT2D eigenvalue weighted by Crippen LogP contribution is -2.12. The minimum atomic E-state index is -0.195. The number of hydrogen-bond donors (Lipinski definition) is 1. The van der Waals surface area contributed by atoms with Crippen LogP contribution in [0.3, 0.4) is 0 Å². The van der Waals surface area contributed by atoms with Gasteiger partial charge in [0, 0.05) is 23.2 Å². The Morgan fingerprint density at radius 2 is 2.18 bits per heavy atom. The number of methoxy groups -OCH3 is 1. The van der Waals surface area contributed by atoms with E-state index in [0.717, 1.165) is 17.0 Å². The Balaban J connectivity index is 1.90. The Hall–Kier alpha value is -2.12. The lowest BCUT2D eigenvalue weighted by molar-refractivity contribution is -0.115. The third-order valence-corrected chi connectivity index (χ3v) is 4.05.